The largest absolute Gasteiger partial charge is 0.459 e. The molecular weight excluding hydrogens is 483 g/mol. The molecule has 0 unspecified atom stereocenters. The van der Waals surface area contributed by atoms with Gasteiger partial charge in [0.05, 0.1) is 0 Å². The first-order valence-electron chi connectivity index (χ1n) is 12.8. The fourth-order valence-corrected chi connectivity index (χ4v) is 8.19. The summed E-state index contributed by atoms with van der Waals surface area (Å²) in [6.07, 6.45) is 4.28. The van der Waals surface area contributed by atoms with Gasteiger partial charge in [-0.05, 0) is 50.7 Å². The summed E-state index contributed by atoms with van der Waals surface area (Å²) in [6.45, 7) is 8.31. The lowest BCUT2D eigenvalue weighted by molar-refractivity contribution is -0.235. The molecule has 0 spiro atoms. The van der Waals surface area contributed by atoms with Crippen molar-refractivity contribution in [3.05, 3.63) is 23.8 Å². The number of rotatable bonds is 5. The number of ketones is 2. The van der Waals surface area contributed by atoms with Crippen molar-refractivity contribution >= 4 is 29.5 Å². The van der Waals surface area contributed by atoms with E-state index in [1.54, 1.807) is 26.8 Å². The SMILES string of the molecule is CC(=O)OCC(=O)[C@@]1(OC(C)=O)[C@H](C)C[C@H]2[C@@H]3CCC4=CC(=O)C=C[C@]4(C)[C@@]3(F)[C@@H](OC(C)=O)C[C@@]21C. The summed E-state index contributed by atoms with van der Waals surface area (Å²) in [4.78, 5) is 62.1. The van der Waals surface area contributed by atoms with Crippen molar-refractivity contribution in [1.82, 2.24) is 0 Å². The predicted molar refractivity (Wildman–Crippen MR) is 129 cm³/mol. The Morgan fingerprint density at radius 3 is 2.32 bits per heavy atom. The average Bonchev–Trinajstić information content (AvgIpc) is 3.00. The molecule has 37 heavy (non-hydrogen) atoms. The van der Waals surface area contributed by atoms with Crippen LogP contribution < -0.4 is 0 Å². The molecule has 0 amide bonds. The van der Waals surface area contributed by atoms with Gasteiger partial charge in [-0.15, -0.1) is 0 Å². The lowest BCUT2D eigenvalue weighted by Crippen LogP contribution is -2.70. The van der Waals surface area contributed by atoms with E-state index in [1.807, 2.05) is 0 Å². The second kappa shape index (κ2) is 8.88. The van der Waals surface area contributed by atoms with Crippen molar-refractivity contribution in [1.29, 1.82) is 0 Å². The van der Waals surface area contributed by atoms with Crippen LogP contribution in [0.2, 0.25) is 0 Å². The van der Waals surface area contributed by atoms with E-state index in [0.29, 0.717) is 24.8 Å². The van der Waals surface area contributed by atoms with Crippen LogP contribution in [0.25, 0.3) is 0 Å². The Hall–Kier alpha value is -2.84. The van der Waals surface area contributed by atoms with Gasteiger partial charge in [-0.2, -0.15) is 0 Å². The zero-order valence-corrected chi connectivity index (χ0v) is 22.2. The van der Waals surface area contributed by atoms with Gasteiger partial charge in [0.25, 0.3) is 0 Å². The van der Waals surface area contributed by atoms with Crippen LogP contribution in [0.5, 0.6) is 0 Å². The van der Waals surface area contributed by atoms with Crippen LogP contribution in [0.3, 0.4) is 0 Å². The summed E-state index contributed by atoms with van der Waals surface area (Å²) in [7, 11) is 0. The quantitative estimate of drug-likeness (QED) is 0.401. The highest BCUT2D eigenvalue weighted by Gasteiger charge is 2.78. The Morgan fingerprint density at radius 1 is 1.05 bits per heavy atom. The van der Waals surface area contributed by atoms with E-state index >= 15 is 4.39 Å². The van der Waals surface area contributed by atoms with Crippen LogP contribution in [0.4, 0.5) is 4.39 Å². The third kappa shape index (κ3) is 3.71. The van der Waals surface area contributed by atoms with Gasteiger partial charge in [0, 0.05) is 43.4 Å². The Labute approximate surface area is 216 Å². The van der Waals surface area contributed by atoms with Gasteiger partial charge in [0.15, 0.2) is 23.7 Å². The Kier molecular flexibility index (Phi) is 6.53. The number of allylic oxidation sites excluding steroid dienone is 4. The van der Waals surface area contributed by atoms with Crippen molar-refractivity contribution < 1.29 is 42.6 Å². The molecular formula is C28H35FO8. The molecule has 8 atom stereocenters. The number of alkyl halides is 1. The topological polar surface area (TPSA) is 113 Å². The molecule has 0 radical (unpaired) electrons. The molecule has 3 saturated carbocycles. The van der Waals surface area contributed by atoms with E-state index in [9.17, 15) is 24.0 Å². The molecule has 0 N–H and O–H groups in total. The number of halogens is 1. The molecule has 0 saturated heterocycles. The summed E-state index contributed by atoms with van der Waals surface area (Å²) < 4.78 is 34.4. The normalized spacial score (nSPS) is 42.0. The highest BCUT2D eigenvalue weighted by atomic mass is 19.1. The smallest absolute Gasteiger partial charge is 0.303 e. The van der Waals surface area contributed by atoms with Gasteiger partial charge in [0.2, 0.25) is 5.78 Å². The molecule has 202 valence electrons. The minimum Gasteiger partial charge on any atom is -0.459 e. The zero-order chi connectivity index (χ0) is 27.6. The van der Waals surface area contributed by atoms with Crippen molar-refractivity contribution in [3.8, 4) is 0 Å². The third-order valence-corrected chi connectivity index (χ3v) is 9.59. The Bertz CT molecular complexity index is 1130. The van der Waals surface area contributed by atoms with Crippen molar-refractivity contribution in [2.24, 2.45) is 28.6 Å². The number of carbonyl (C=O) groups excluding carboxylic acids is 5. The monoisotopic (exact) mass is 518 g/mol. The second-order valence-electron chi connectivity index (χ2n) is 11.5. The van der Waals surface area contributed by atoms with Crippen LogP contribution in [0.1, 0.15) is 67.2 Å². The van der Waals surface area contributed by atoms with Crippen LogP contribution in [0.15, 0.2) is 23.8 Å². The van der Waals surface area contributed by atoms with E-state index in [-0.39, 0.29) is 12.2 Å². The fourth-order valence-electron chi connectivity index (χ4n) is 8.19. The molecule has 0 aromatic heterocycles. The number of esters is 3. The van der Waals surface area contributed by atoms with Gasteiger partial charge >= 0.3 is 17.9 Å². The highest BCUT2D eigenvalue weighted by molar-refractivity contribution is 6.01. The first-order chi connectivity index (χ1) is 17.1. The van der Waals surface area contributed by atoms with E-state index in [1.165, 1.54) is 32.9 Å². The van der Waals surface area contributed by atoms with Gasteiger partial charge in [-0.3, -0.25) is 24.0 Å². The molecule has 0 aliphatic heterocycles. The minimum absolute atomic E-state index is 0.0850. The number of ether oxygens (including phenoxy) is 3. The van der Waals surface area contributed by atoms with Crippen molar-refractivity contribution in [3.63, 3.8) is 0 Å². The maximum atomic E-state index is 17.9. The molecule has 4 aliphatic carbocycles. The molecule has 0 aromatic rings. The van der Waals surface area contributed by atoms with Crippen LogP contribution >= 0.6 is 0 Å². The molecule has 4 rings (SSSR count). The van der Waals surface area contributed by atoms with E-state index in [4.69, 9.17) is 14.2 Å². The molecule has 0 bridgehead atoms. The van der Waals surface area contributed by atoms with E-state index in [2.05, 4.69) is 0 Å². The standard InChI is InChI=1S/C28H35FO8/c1-15-11-22-21-8-7-19-12-20(33)9-10-25(19,5)27(21,29)24(36-17(3)31)13-26(22,6)28(15,37-18(4)32)23(34)14-35-16(2)30/h9-10,12,15,21-22,24H,7-8,11,13-14H2,1-6H3/t15-,21+,22+,24+,25+,26+,27+,28+/m1/s1. The van der Waals surface area contributed by atoms with Gasteiger partial charge in [0.1, 0.15) is 6.10 Å². The summed E-state index contributed by atoms with van der Waals surface area (Å²) in [5.41, 5.74) is -5.41. The van der Waals surface area contributed by atoms with Crippen molar-refractivity contribution in [2.75, 3.05) is 6.61 Å². The lowest BCUT2D eigenvalue weighted by Gasteiger charge is -2.63. The second-order valence-corrected chi connectivity index (χ2v) is 11.5. The third-order valence-electron chi connectivity index (χ3n) is 9.59. The fraction of sp³-hybridized carbons (Fsp3) is 0.679. The molecule has 4 aliphatic rings. The number of fused-ring (bicyclic) bond motifs is 5. The number of carbonyl (C=O) groups is 5. The maximum absolute atomic E-state index is 17.9. The lowest BCUT2D eigenvalue weighted by atomic mass is 9.44. The summed E-state index contributed by atoms with van der Waals surface area (Å²) in [5.74, 6) is -4.37. The van der Waals surface area contributed by atoms with Gasteiger partial charge in [-0.1, -0.05) is 25.5 Å². The van der Waals surface area contributed by atoms with E-state index in [0.717, 1.165) is 0 Å². The molecule has 8 nitrogen and oxygen atoms in total. The molecule has 3 fully saturated rings. The maximum Gasteiger partial charge on any atom is 0.303 e. The van der Waals surface area contributed by atoms with E-state index < -0.39 is 76.3 Å². The molecule has 0 heterocycles. The van der Waals surface area contributed by atoms with Gasteiger partial charge < -0.3 is 14.2 Å². The number of hydrogen-bond donors (Lipinski definition) is 0. The summed E-state index contributed by atoms with van der Waals surface area (Å²) in [6, 6.07) is 0. The molecule has 0 aromatic carbocycles. The van der Waals surface area contributed by atoms with Crippen LogP contribution in [-0.4, -0.2) is 53.5 Å². The van der Waals surface area contributed by atoms with Crippen LogP contribution in [-0.2, 0) is 38.2 Å². The summed E-state index contributed by atoms with van der Waals surface area (Å²) >= 11 is 0. The Morgan fingerprint density at radius 2 is 1.73 bits per heavy atom. The first kappa shape index (κ1) is 27.2. The summed E-state index contributed by atoms with van der Waals surface area (Å²) in [5, 5.41) is 0. The average molecular weight is 519 g/mol. The Balaban J connectivity index is 1.89. The molecule has 9 heteroatoms. The highest BCUT2D eigenvalue weighted by Crippen LogP contribution is 2.71. The zero-order valence-electron chi connectivity index (χ0n) is 22.2. The first-order valence-corrected chi connectivity index (χ1v) is 12.8. The predicted octanol–water partition coefficient (Wildman–Crippen LogP) is 3.61. The van der Waals surface area contributed by atoms with Gasteiger partial charge in [-0.25, -0.2) is 4.39 Å². The number of Topliss-reactive ketones (excluding diaryl/α,β-unsaturated/α-hetero) is 1. The minimum atomic E-state index is -2.06. The van der Waals surface area contributed by atoms with Crippen LogP contribution in [0, 0.1) is 28.6 Å². The van der Waals surface area contributed by atoms with Crippen molar-refractivity contribution in [2.45, 2.75) is 84.6 Å². The number of hydrogen-bond acceptors (Lipinski definition) is 8.